The lowest BCUT2D eigenvalue weighted by atomic mass is 10.3. The van der Waals surface area contributed by atoms with E-state index in [9.17, 15) is 4.79 Å². The van der Waals surface area contributed by atoms with Crippen molar-refractivity contribution in [2.75, 3.05) is 6.61 Å². The third-order valence-electron chi connectivity index (χ3n) is 2.24. The summed E-state index contributed by atoms with van der Waals surface area (Å²) in [6.45, 7) is 1.59. The molecule has 0 heterocycles. The van der Waals surface area contributed by atoms with Gasteiger partial charge in [-0.1, -0.05) is 18.2 Å². The largest absolute Gasteiger partial charge is 0.486 e. The molecule has 0 aromatic heterocycles. The fourth-order valence-corrected chi connectivity index (χ4v) is 1.41. The summed E-state index contributed by atoms with van der Waals surface area (Å²) in [7, 11) is 0. The van der Waals surface area contributed by atoms with Crippen LogP contribution in [0, 0.1) is 0 Å². The minimum Gasteiger partial charge on any atom is -0.486 e. The standard InChI is InChI=1S/C15H14O3/c1-12(16)11-17-13-7-9-15(10-8-13)18-14-5-3-2-4-6-14/h2-10H,11H2,1H3. The average molecular weight is 242 g/mol. The van der Waals surface area contributed by atoms with E-state index in [0.29, 0.717) is 5.75 Å². The maximum atomic E-state index is 10.8. The molecule has 2 aromatic carbocycles. The zero-order chi connectivity index (χ0) is 12.8. The molecule has 18 heavy (non-hydrogen) atoms. The van der Waals surface area contributed by atoms with E-state index in [-0.39, 0.29) is 12.4 Å². The summed E-state index contributed by atoms with van der Waals surface area (Å²) in [5.41, 5.74) is 0. The quantitative estimate of drug-likeness (QED) is 0.805. The average Bonchev–Trinajstić information content (AvgIpc) is 2.39. The van der Waals surface area contributed by atoms with Crippen LogP contribution >= 0.6 is 0 Å². The van der Waals surface area contributed by atoms with Gasteiger partial charge in [-0.05, 0) is 43.3 Å². The van der Waals surface area contributed by atoms with Crippen molar-refractivity contribution in [3.8, 4) is 17.2 Å². The van der Waals surface area contributed by atoms with Crippen LogP contribution in [0.1, 0.15) is 6.92 Å². The first kappa shape index (κ1) is 12.2. The third kappa shape index (κ3) is 3.63. The predicted molar refractivity (Wildman–Crippen MR) is 69.1 cm³/mol. The third-order valence-corrected chi connectivity index (χ3v) is 2.24. The highest BCUT2D eigenvalue weighted by atomic mass is 16.5. The van der Waals surface area contributed by atoms with Gasteiger partial charge in [-0.3, -0.25) is 4.79 Å². The highest BCUT2D eigenvalue weighted by Crippen LogP contribution is 2.23. The first-order valence-electron chi connectivity index (χ1n) is 5.69. The molecule has 92 valence electrons. The minimum atomic E-state index is -0.000359. The van der Waals surface area contributed by atoms with Crippen molar-refractivity contribution in [3.63, 3.8) is 0 Å². The van der Waals surface area contributed by atoms with Gasteiger partial charge in [0.1, 0.15) is 23.9 Å². The Morgan fingerprint density at radius 2 is 1.44 bits per heavy atom. The van der Waals surface area contributed by atoms with E-state index in [4.69, 9.17) is 9.47 Å². The normalized spacial score (nSPS) is 9.83. The first-order chi connectivity index (χ1) is 8.74. The van der Waals surface area contributed by atoms with Gasteiger partial charge in [-0.15, -0.1) is 0 Å². The smallest absolute Gasteiger partial charge is 0.167 e. The Kier molecular flexibility index (Phi) is 3.97. The first-order valence-corrected chi connectivity index (χ1v) is 5.69. The van der Waals surface area contributed by atoms with Gasteiger partial charge in [0.05, 0.1) is 0 Å². The molecule has 0 atom stereocenters. The summed E-state index contributed by atoms with van der Waals surface area (Å²) < 4.78 is 10.9. The van der Waals surface area contributed by atoms with Crippen molar-refractivity contribution in [2.24, 2.45) is 0 Å². The molecule has 3 heteroatoms. The fraction of sp³-hybridized carbons (Fsp3) is 0.133. The molecule has 0 amide bonds. The molecule has 0 aliphatic heterocycles. The number of Topliss-reactive ketones (excluding diaryl/α,β-unsaturated/α-hetero) is 1. The van der Waals surface area contributed by atoms with Crippen LogP contribution in [0.4, 0.5) is 0 Å². The van der Waals surface area contributed by atoms with Crippen molar-refractivity contribution in [1.29, 1.82) is 0 Å². The van der Waals surface area contributed by atoms with E-state index in [2.05, 4.69) is 0 Å². The Labute approximate surface area is 106 Å². The molecule has 0 saturated carbocycles. The summed E-state index contributed by atoms with van der Waals surface area (Å²) in [5, 5.41) is 0. The molecule has 0 unspecified atom stereocenters. The van der Waals surface area contributed by atoms with Gasteiger partial charge in [0.2, 0.25) is 0 Å². The van der Waals surface area contributed by atoms with Crippen molar-refractivity contribution in [2.45, 2.75) is 6.92 Å². The number of hydrogen-bond donors (Lipinski definition) is 0. The lowest BCUT2D eigenvalue weighted by Gasteiger charge is -2.07. The summed E-state index contributed by atoms with van der Waals surface area (Å²) >= 11 is 0. The van der Waals surface area contributed by atoms with Gasteiger partial charge in [0.15, 0.2) is 5.78 Å². The number of rotatable bonds is 5. The molecule has 0 radical (unpaired) electrons. The number of ether oxygens (including phenoxy) is 2. The van der Waals surface area contributed by atoms with E-state index < -0.39 is 0 Å². The van der Waals surface area contributed by atoms with Crippen LogP contribution in [0.5, 0.6) is 17.2 Å². The van der Waals surface area contributed by atoms with Gasteiger partial charge < -0.3 is 9.47 Å². The second-order valence-electron chi connectivity index (χ2n) is 3.88. The Morgan fingerprint density at radius 3 is 2.06 bits per heavy atom. The molecule has 0 aliphatic rings. The maximum Gasteiger partial charge on any atom is 0.167 e. The molecule has 3 nitrogen and oxygen atoms in total. The summed E-state index contributed by atoms with van der Waals surface area (Å²) in [5.74, 6) is 2.18. The summed E-state index contributed by atoms with van der Waals surface area (Å²) in [6, 6.07) is 16.7. The molecule has 2 rings (SSSR count). The second-order valence-corrected chi connectivity index (χ2v) is 3.88. The Hall–Kier alpha value is -2.29. The molecule has 2 aromatic rings. The van der Waals surface area contributed by atoms with Gasteiger partial charge in [-0.2, -0.15) is 0 Å². The Morgan fingerprint density at radius 1 is 0.889 bits per heavy atom. The number of ketones is 1. The van der Waals surface area contributed by atoms with Crippen molar-refractivity contribution in [1.82, 2.24) is 0 Å². The van der Waals surface area contributed by atoms with E-state index in [0.717, 1.165) is 11.5 Å². The highest BCUT2D eigenvalue weighted by Gasteiger charge is 1.99. The topological polar surface area (TPSA) is 35.5 Å². The highest BCUT2D eigenvalue weighted by molar-refractivity contribution is 5.77. The van der Waals surface area contributed by atoms with Crippen molar-refractivity contribution in [3.05, 3.63) is 54.6 Å². The fourth-order valence-electron chi connectivity index (χ4n) is 1.41. The molecular weight excluding hydrogens is 228 g/mol. The van der Waals surface area contributed by atoms with Crippen molar-refractivity contribution >= 4 is 5.78 Å². The molecule has 0 bridgehead atoms. The van der Waals surface area contributed by atoms with Crippen LogP contribution in [0.25, 0.3) is 0 Å². The van der Waals surface area contributed by atoms with Gasteiger partial charge in [0.25, 0.3) is 0 Å². The van der Waals surface area contributed by atoms with Crippen LogP contribution in [0.2, 0.25) is 0 Å². The summed E-state index contributed by atoms with van der Waals surface area (Å²) in [6.07, 6.45) is 0. The number of carbonyl (C=O) groups excluding carboxylic acids is 1. The monoisotopic (exact) mass is 242 g/mol. The Bertz CT molecular complexity index is 503. The number of carbonyl (C=O) groups is 1. The second kappa shape index (κ2) is 5.87. The SMILES string of the molecule is CC(=O)COc1ccc(Oc2ccccc2)cc1. The molecule has 0 spiro atoms. The predicted octanol–water partition coefficient (Wildman–Crippen LogP) is 3.45. The van der Waals surface area contributed by atoms with Crippen molar-refractivity contribution < 1.29 is 14.3 Å². The minimum absolute atomic E-state index is 0.000359. The molecule has 0 fully saturated rings. The lowest BCUT2D eigenvalue weighted by molar-refractivity contribution is -0.118. The van der Waals surface area contributed by atoms with Crippen LogP contribution in [-0.2, 0) is 4.79 Å². The number of benzene rings is 2. The summed E-state index contributed by atoms with van der Waals surface area (Å²) in [4.78, 5) is 10.8. The number of para-hydroxylation sites is 1. The van der Waals surface area contributed by atoms with Crippen LogP contribution in [0.3, 0.4) is 0 Å². The zero-order valence-corrected chi connectivity index (χ0v) is 10.1. The van der Waals surface area contributed by atoms with Crippen LogP contribution < -0.4 is 9.47 Å². The Balaban J connectivity index is 1.97. The molecular formula is C15H14O3. The van der Waals surface area contributed by atoms with Crippen LogP contribution in [0.15, 0.2) is 54.6 Å². The zero-order valence-electron chi connectivity index (χ0n) is 10.1. The van der Waals surface area contributed by atoms with E-state index >= 15 is 0 Å². The van der Waals surface area contributed by atoms with E-state index in [1.807, 2.05) is 42.5 Å². The lowest BCUT2D eigenvalue weighted by Crippen LogP contribution is -2.06. The number of hydrogen-bond acceptors (Lipinski definition) is 3. The molecule has 0 aliphatic carbocycles. The van der Waals surface area contributed by atoms with Gasteiger partial charge in [-0.25, -0.2) is 0 Å². The van der Waals surface area contributed by atoms with E-state index in [1.165, 1.54) is 6.92 Å². The van der Waals surface area contributed by atoms with E-state index in [1.54, 1.807) is 12.1 Å². The van der Waals surface area contributed by atoms with Gasteiger partial charge >= 0.3 is 0 Å². The van der Waals surface area contributed by atoms with Crippen LogP contribution in [-0.4, -0.2) is 12.4 Å². The maximum absolute atomic E-state index is 10.8. The molecule has 0 N–H and O–H groups in total. The van der Waals surface area contributed by atoms with Gasteiger partial charge in [0, 0.05) is 0 Å². The molecule has 0 saturated heterocycles.